The van der Waals surface area contributed by atoms with Crippen LogP contribution in [0.4, 0.5) is 10.5 Å². The standard InChI is InChI=1S/C21H24N4O4/c26-14-19-18(25-21(28)24-15-6-2-1-3-7-15)10-9-17(29-19)12-20(27)23-13-16-8-4-5-11-22-16/h1-11,17-19,26H,12-14H2,(H,23,27)(H2,24,25,28)/t17-,18+,19-/m1/s1. The summed E-state index contributed by atoms with van der Waals surface area (Å²) >= 11 is 0. The van der Waals surface area contributed by atoms with Crippen LogP contribution in [0, 0.1) is 0 Å². The number of anilines is 1. The van der Waals surface area contributed by atoms with E-state index in [9.17, 15) is 14.7 Å². The minimum absolute atomic E-state index is 0.114. The zero-order chi connectivity index (χ0) is 20.5. The molecule has 1 aromatic heterocycles. The summed E-state index contributed by atoms with van der Waals surface area (Å²) in [7, 11) is 0. The summed E-state index contributed by atoms with van der Waals surface area (Å²) in [5.41, 5.74) is 1.43. The molecule has 0 saturated carbocycles. The minimum atomic E-state index is -0.643. The third-order valence-corrected chi connectivity index (χ3v) is 4.37. The molecule has 0 saturated heterocycles. The van der Waals surface area contributed by atoms with Gasteiger partial charge in [-0.05, 0) is 24.3 Å². The van der Waals surface area contributed by atoms with Crippen LogP contribution in [0.15, 0.2) is 66.9 Å². The summed E-state index contributed by atoms with van der Waals surface area (Å²) in [5, 5.41) is 17.9. The number of aliphatic hydroxyl groups excluding tert-OH is 1. The Morgan fingerprint density at radius 3 is 2.59 bits per heavy atom. The lowest BCUT2D eigenvalue weighted by Gasteiger charge is -2.31. The van der Waals surface area contributed by atoms with E-state index < -0.39 is 24.3 Å². The van der Waals surface area contributed by atoms with Gasteiger partial charge in [-0.15, -0.1) is 0 Å². The Morgan fingerprint density at radius 2 is 1.86 bits per heavy atom. The molecule has 8 nitrogen and oxygen atoms in total. The Kier molecular flexibility index (Phi) is 7.32. The van der Waals surface area contributed by atoms with Crippen LogP contribution in [0.3, 0.4) is 0 Å². The van der Waals surface area contributed by atoms with Crippen molar-refractivity contribution in [3.05, 3.63) is 72.6 Å². The summed E-state index contributed by atoms with van der Waals surface area (Å²) in [4.78, 5) is 28.5. The second-order valence-electron chi connectivity index (χ2n) is 6.57. The highest BCUT2D eigenvalue weighted by atomic mass is 16.5. The topological polar surface area (TPSA) is 113 Å². The predicted molar refractivity (Wildman–Crippen MR) is 108 cm³/mol. The highest BCUT2D eigenvalue weighted by Crippen LogP contribution is 2.16. The normalized spacial score (nSPS) is 20.7. The number of rotatable bonds is 7. The number of aromatic nitrogens is 1. The van der Waals surface area contributed by atoms with Gasteiger partial charge in [-0.2, -0.15) is 0 Å². The van der Waals surface area contributed by atoms with E-state index in [0.717, 1.165) is 5.69 Å². The molecule has 0 bridgehead atoms. The first-order chi connectivity index (χ1) is 14.1. The van der Waals surface area contributed by atoms with Gasteiger partial charge in [-0.3, -0.25) is 9.78 Å². The van der Waals surface area contributed by atoms with Crippen molar-refractivity contribution in [3.63, 3.8) is 0 Å². The van der Waals surface area contributed by atoms with Crippen molar-refractivity contribution >= 4 is 17.6 Å². The van der Waals surface area contributed by atoms with Crippen LogP contribution in [0.5, 0.6) is 0 Å². The molecule has 0 unspecified atom stereocenters. The van der Waals surface area contributed by atoms with Crippen LogP contribution in [-0.2, 0) is 16.1 Å². The summed E-state index contributed by atoms with van der Waals surface area (Å²) in [6.07, 6.45) is 4.12. The first kappa shape index (κ1) is 20.5. The molecule has 29 heavy (non-hydrogen) atoms. The maximum absolute atomic E-state index is 12.2. The van der Waals surface area contributed by atoms with Gasteiger partial charge in [0, 0.05) is 11.9 Å². The highest BCUT2D eigenvalue weighted by Gasteiger charge is 2.29. The molecule has 2 heterocycles. The van der Waals surface area contributed by atoms with Crippen molar-refractivity contribution in [1.82, 2.24) is 15.6 Å². The molecule has 0 radical (unpaired) electrons. The van der Waals surface area contributed by atoms with Crippen molar-refractivity contribution in [2.24, 2.45) is 0 Å². The fourth-order valence-electron chi connectivity index (χ4n) is 2.92. The van der Waals surface area contributed by atoms with Crippen LogP contribution in [0.25, 0.3) is 0 Å². The van der Waals surface area contributed by atoms with Crippen molar-refractivity contribution in [1.29, 1.82) is 0 Å². The lowest BCUT2D eigenvalue weighted by atomic mass is 10.0. The number of hydrogen-bond acceptors (Lipinski definition) is 5. The smallest absolute Gasteiger partial charge is 0.319 e. The average Bonchev–Trinajstić information content (AvgIpc) is 2.74. The Hall–Kier alpha value is -3.23. The lowest BCUT2D eigenvalue weighted by Crippen LogP contribution is -2.50. The van der Waals surface area contributed by atoms with Crippen molar-refractivity contribution in [2.75, 3.05) is 11.9 Å². The van der Waals surface area contributed by atoms with Crippen LogP contribution in [0.2, 0.25) is 0 Å². The molecular formula is C21H24N4O4. The zero-order valence-corrected chi connectivity index (χ0v) is 15.8. The molecule has 3 amide bonds. The molecule has 4 N–H and O–H groups in total. The van der Waals surface area contributed by atoms with Gasteiger partial charge in [0.05, 0.1) is 37.4 Å². The van der Waals surface area contributed by atoms with Gasteiger partial charge in [-0.25, -0.2) is 4.79 Å². The highest BCUT2D eigenvalue weighted by molar-refractivity contribution is 5.89. The number of pyridine rings is 1. The number of amides is 3. The van der Waals surface area contributed by atoms with E-state index in [1.165, 1.54) is 0 Å². The summed E-state index contributed by atoms with van der Waals surface area (Å²) < 4.78 is 5.77. The van der Waals surface area contributed by atoms with Gasteiger partial charge >= 0.3 is 6.03 Å². The quantitative estimate of drug-likeness (QED) is 0.531. The Bertz CT molecular complexity index is 829. The number of benzene rings is 1. The molecule has 1 aliphatic heterocycles. The number of hydrogen-bond donors (Lipinski definition) is 4. The van der Waals surface area contributed by atoms with Crippen molar-refractivity contribution in [3.8, 4) is 0 Å². The van der Waals surface area contributed by atoms with Gasteiger partial charge in [0.1, 0.15) is 6.10 Å². The van der Waals surface area contributed by atoms with E-state index in [2.05, 4.69) is 20.9 Å². The monoisotopic (exact) mass is 396 g/mol. The second-order valence-corrected chi connectivity index (χ2v) is 6.57. The predicted octanol–water partition coefficient (Wildman–Crippen LogP) is 1.59. The molecular weight excluding hydrogens is 372 g/mol. The van der Waals surface area contributed by atoms with Crippen molar-refractivity contribution < 1.29 is 19.4 Å². The number of nitrogens with zero attached hydrogens (tertiary/aromatic N) is 1. The first-order valence-electron chi connectivity index (χ1n) is 9.38. The van der Waals surface area contributed by atoms with Crippen LogP contribution < -0.4 is 16.0 Å². The first-order valence-corrected chi connectivity index (χ1v) is 9.38. The molecule has 8 heteroatoms. The maximum atomic E-state index is 12.2. The van der Waals surface area contributed by atoms with Crippen LogP contribution in [-0.4, -0.2) is 46.9 Å². The van der Waals surface area contributed by atoms with E-state index >= 15 is 0 Å². The molecule has 0 aliphatic carbocycles. The molecule has 152 valence electrons. The summed E-state index contributed by atoms with van der Waals surface area (Å²) in [5.74, 6) is -0.185. The van der Waals surface area contributed by atoms with Crippen LogP contribution >= 0.6 is 0 Å². The fourth-order valence-corrected chi connectivity index (χ4v) is 2.92. The van der Waals surface area contributed by atoms with Gasteiger partial charge in [-0.1, -0.05) is 36.4 Å². The fraction of sp³-hybridized carbons (Fsp3) is 0.286. The summed E-state index contributed by atoms with van der Waals surface area (Å²) in [6, 6.07) is 13.6. The summed E-state index contributed by atoms with van der Waals surface area (Å²) in [6.45, 7) is 0.0516. The lowest BCUT2D eigenvalue weighted by molar-refractivity contribution is -0.125. The number of aliphatic hydroxyl groups is 1. The Morgan fingerprint density at radius 1 is 1.07 bits per heavy atom. The number of carbonyl (C=O) groups excluding carboxylic acids is 2. The largest absolute Gasteiger partial charge is 0.394 e. The molecule has 1 aliphatic rings. The van der Waals surface area contributed by atoms with Gasteiger partial charge in [0.2, 0.25) is 5.91 Å². The number of carbonyl (C=O) groups is 2. The minimum Gasteiger partial charge on any atom is -0.394 e. The van der Waals surface area contributed by atoms with Gasteiger partial charge in [0.15, 0.2) is 0 Å². The van der Waals surface area contributed by atoms with E-state index in [1.807, 2.05) is 36.4 Å². The SMILES string of the molecule is O=C(C[C@H]1C=C[C@H](NC(=O)Nc2ccccc2)[C@@H](CO)O1)NCc1ccccn1. The van der Waals surface area contributed by atoms with E-state index in [4.69, 9.17) is 4.74 Å². The molecule has 1 aromatic carbocycles. The van der Waals surface area contributed by atoms with Crippen LogP contribution in [0.1, 0.15) is 12.1 Å². The van der Waals surface area contributed by atoms with E-state index in [0.29, 0.717) is 12.2 Å². The van der Waals surface area contributed by atoms with E-state index in [-0.39, 0.29) is 18.9 Å². The molecule has 3 rings (SSSR count). The number of urea groups is 1. The Balaban J connectivity index is 1.48. The number of ether oxygens (including phenoxy) is 1. The number of nitrogens with one attached hydrogen (secondary N) is 3. The molecule has 0 spiro atoms. The molecule has 2 aromatic rings. The van der Waals surface area contributed by atoms with Crippen molar-refractivity contribution in [2.45, 2.75) is 31.2 Å². The molecule has 0 fully saturated rings. The van der Waals surface area contributed by atoms with E-state index in [1.54, 1.807) is 30.5 Å². The third kappa shape index (κ3) is 6.41. The average molecular weight is 396 g/mol. The number of para-hydroxylation sites is 1. The Labute approximate surface area is 169 Å². The maximum Gasteiger partial charge on any atom is 0.319 e. The third-order valence-electron chi connectivity index (χ3n) is 4.37. The zero-order valence-electron chi connectivity index (χ0n) is 15.8. The molecule has 3 atom stereocenters. The van der Waals surface area contributed by atoms with Gasteiger partial charge in [0.25, 0.3) is 0 Å². The second kappa shape index (κ2) is 10.4. The van der Waals surface area contributed by atoms with Gasteiger partial charge < -0.3 is 25.8 Å².